The van der Waals surface area contributed by atoms with Gasteiger partial charge in [-0.15, -0.1) is 0 Å². The highest BCUT2D eigenvalue weighted by molar-refractivity contribution is 9.10. The van der Waals surface area contributed by atoms with Crippen LogP contribution in [0.3, 0.4) is 0 Å². The summed E-state index contributed by atoms with van der Waals surface area (Å²) >= 11 is 3.36. The van der Waals surface area contributed by atoms with E-state index in [4.69, 9.17) is 15.2 Å². The molecule has 0 radical (unpaired) electrons. The summed E-state index contributed by atoms with van der Waals surface area (Å²) in [5.41, 5.74) is 6.35. The van der Waals surface area contributed by atoms with Gasteiger partial charge in [0.1, 0.15) is 11.5 Å². The Kier molecular flexibility index (Phi) is 4.77. The minimum absolute atomic E-state index is 0.112. The average molecular weight is 353 g/mol. The van der Waals surface area contributed by atoms with Gasteiger partial charge in [0.15, 0.2) is 0 Å². The largest absolute Gasteiger partial charge is 0.497 e. The zero-order valence-electron chi connectivity index (χ0n) is 11.2. The summed E-state index contributed by atoms with van der Waals surface area (Å²) in [6.45, 7) is 0.401. The van der Waals surface area contributed by atoms with Crippen LogP contribution in [0.25, 0.3) is 0 Å². The summed E-state index contributed by atoms with van der Waals surface area (Å²) in [6.07, 6.45) is 0. The Morgan fingerprint density at radius 1 is 1.24 bits per heavy atom. The van der Waals surface area contributed by atoms with Crippen molar-refractivity contribution in [3.8, 4) is 17.2 Å². The quantitative estimate of drug-likeness (QED) is 0.655. The van der Waals surface area contributed by atoms with Crippen molar-refractivity contribution in [3.63, 3.8) is 0 Å². The van der Waals surface area contributed by atoms with Crippen LogP contribution in [0, 0.1) is 10.1 Å². The Labute approximate surface area is 129 Å². The van der Waals surface area contributed by atoms with E-state index in [-0.39, 0.29) is 11.4 Å². The average Bonchev–Trinajstić information content (AvgIpc) is 2.48. The van der Waals surface area contributed by atoms with Crippen molar-refractivity contribution in [1.82, 2.24) is 0 Å². The van der Waals surface area contributed by atoms with Crippen LogP contribution in [0.15, 0.2) is 40.9 Å². The van der Waals surface area contributed by atoms with Crippen LogP contribution in [-0.2, 0) is 6.54 Å². The first-order valence-corrected chi connectivity index (χ1v) is 6.83. The zero-order valence-corrected chi connectivity index (χ0v) is 12.8. The van der Waals surface area contributed by atoms with Crippen LogP contribution in [0.1, 0.15) is 5.56 Å². The first-order chi connectivity index (χ1) is 10.0. The molecule has 0 saturated carbocycles. The molecule has 0 aliphatic rings. The molecule has 0 fully saturated rings. The standard InChI is InChI=1S/C14H13BrN2O4/c1-20-10-3-4-12(17(18)19)14(7-10)21-13-5-2-9(8-16)6-11(13)15/h2-7H,8,16H2,1H3. The highest BCUT2D eigenvalue weighted by Gasteiger charge is 2.18. The van der Waals surface area contributed by atoms with Gasteiger partial charge in [-0.1, -0.05) is 6.07 Å². The topological polar surface area (TPSA) is 87.6 Å². The van der Waals surface area contributed by atoms with Gasteiger partial charge in [0.25, 0.3) is 0 Å². The molecule has 0 atom stereocenters. The summed E-state index contributed by atoms with van der Waals surface area (Å²) in [5.74, 6) is 1.05. The zero-order chi connectivity index (χ0) is 15.4. The van der Waals surface area contributed by atoms with Gasteiger partial charge in [-0.25, -0.2) is 0 Å². The van der Waals surface area contributed by atoms with Crippen molar-refractivity contribution in [2.75, 3.05) is 7.11 Å². The van der Waals surface area contributed by atoms with Gasteiger partial charge in [-0.2, -0.15) is 0 Å². The molecule has 2 aromatic carbocycles. The number of nitro groups is 1. The van der Waals surface area contributed by atoms with Crippen LogP contribution in [-0.4, -0.2) is 12.0 Å². The molecule has 0 spiro atoms. The molecule has 0 unspecified atom stereocenters. The number of methoxy groups -OCH3 is 1. The van der Waals surface area contributed by atoms with Gasteiger partial charge >= 0.3 is 5.69 Å². The van der Waals surface area contributed by atoms with E-state index in [9.17, 15) is 10.1 Å². The van der Waals surface area contributed by atoms with Crippen molar-refractivity contribution in [2.45, 2.75) is 6.54 Å². The first kappa shape index (κ1) is 15.3. The summed E-state index contributed by atoms with van der Waals surface area (Å²) in [6, 6.07) is 9.64. The molecule has 7 heteroatoms. The second-order valence-electron chi connectivity index (χ2n) is 4.16. The van der Waals surface area contributed by atoms with Gasteiger partial charge in [0.2, 0.25) is 5.75 Å². The van der Waals surface area contributed by atoms with E-state index in [1.165, 1.54) is 25.3 Å². The fourth-order valence-corrected chi connectivity index (χ4v) is 2.23. The predicted molar refractivity (Wildman–Crippen MR) is 81.8 cm³/mol. The van der Waals surface area contributed by atoms with Gasteiger partial charge < -0.3 is 15.2 Å². The van der Waals surface area contributed by atoms with Gasteiger partial charge in [-0.3, -0.25) is 10.1 Å². The maximum absolute atomic E-state index is 11.1. The third-order valence-corrected chi connectivity index (χ3v) is 3.44. The second kappa shape index (κ2) is 6.55. The normalized spacial score (nSPS) is 10.2. The summed E-state index contributed by atoms with van der Waals surface area (Å²) in [4.78, 5) is 10.6. The smallest absolute Gasteiger partial charge is 0.311 e. The molecule has 2 aromatic rings. The highest BCUT2D eigenvalue weighted by atomic mass is 79.9. The van der Waals surface area contributed by atoms with Gasteiger partial charge in [0, 0.05) is 18.7 Å². The number of nitrogens with zero attached hydrogens (tertiary/aromatic N) is 1. The van der Waals surface area contributed by atoms with Crippen molar-refractivity contribution in [1.29, 1.82) is 0 Å². The van der Waals surface area contributed by atoms with Crippen molar-refractivity contribution in [3.05, 3.63) is 56.5 Å². The van der Waals surface area contributed by atoms with Gasteiger partial charge in [0.05, 0.1) is 16.5 Å². The lowest BCUT2D eigenvalue weighted by Crippen LogP contribution is -1.97. The Morgan fingerprint density at radius 2 is 2.00 bits per heavy atom. The summed E-state index contributed by atoms with van der Waals surface area (Å²) < 4.78 is 11.4. The Morgan fingerprint density at radius 3 is 2.57 bits per heavy atom. The third-order valence-electron chi connectivity index (χ3n) is 2.82. The molecule has 0 heterocycles. The minimum Gasteiger partial charge on any atom is -0.497 e. The molecule has 6 nitrogen and oxygen atoms in total. The Bertz CT molecular complexity index is 676. The molecule has 0 aliphatic carbocycles. The van der Waals surface area contributed by atoms with Crippen LogP contribution in [0.4, 0.5) is 5.69 Å². The van der Waals surface area contributed by atoms with Crippen LogP contribution >= 0.6 is 15.9 Å². The number of hydrogen-bond donors (Lipinski definition) is 1. The Balaban J connectivity index is 2.40. The molecular formula is C14H13BrN2O4. The first-order valence-electron chi connectivity index (χ1n) is 6.04. The van der Waals surface area contributed by atoms with Crippen molar-refractivity contribution in [2.24, 2.45) is 5.73 Å². The fourth-order valence-electron chi connectivity index (χ4n) is 1.73. The number of ether oxygens (including phenoxy) is 2. The van der Waals surface area contributed by atoms with Crippen molar-refractivity contribution < 1.29 is 14.4 Å². The predicted octanol–water partition coefficient (Wildman–Crippen LogP) is 3.62. The van der Waals surface area contributed by atoms with Crippen LogP contribution < -0.4 is 15.2 Å². The van der Waals surface area contributed by atoms with E-state index in [1.54, 1.807) is 18.2 Å². The fraction of sp³-hybridized carbons (Fsp3) is 0.143. The number of halogens is 1. The number of benzene rings is 2. The molecule has 110 valence electrons. The lowest BCUT2D eigenvalue weighted by atomic mass is 10.2. The second-order valence-corrected chi connectivity index (χ2v) is 5.02. The molecule has 0 aliphatic heterocycles. The molecule has 0 amide bonds. The Hall–Kier alpha value is -2.12. The molecular weight excluding hydrogens is 340 g/mol. The maximum Gasteiger partial charge on any atom is 0.311 e. The molecule has 0 bridgehead atoms. The number of nitro benzene ring substituents is 1. The van der Waals surface area contributed by atoms with E-state index in [2.05, 4.69) is 15.9 Å². The van der Waals surface area contributed by atoms with E-state index in [1.807, 2.05) is 0 Å². The molecule has 2 N–H and O–H groups in total. The summed E-state index contributed by atoms with van der Waals surface area (Å²) in [5, 5.41) is 11.1. The lowest BCUT2D eigenvalue weighted by Gasteiger charge is -2.10. The third kappa shape index (κ3) is 3.50. The molecule has 2 rings (SSSR count). The minimum atomic E-state index is -0.503. The summed E-state index contributed by atoms with van der Waals surface area (Å²) in [7, 11) is 1.48. The van der Waals surface area contributed by atoms with E-state index in [0.29, 0.717) is 22.5 Å². The van der Waals surface area contributed by atoms with Crippen LogP contribution in [0.2, 0.25) is 0 Å². The van der Waals surface area contributed by atoms with E-state index in [0.717, 1.165) is 5.56 Å². The molecule has 0 saturated heterocycles. The van der Waals surface area contributed by atoms with E-state index >= 15 is 0 Å². The molecule has 21 heavy (non-hydrogen) atoms. The number of nitrogens with two attached hydrogens (primary N) is 1. The number of rotatable bonds is 5. The van der Waals surface area contributed by atoms with Crippen LogP contribution in [0.5, 0.6) is 17.2 Å². The van der Waals surface area contributed by atoms with E-state index < -0.39 is 4.92 Å². The maximum atomic E-state index is 11.1. The highest BCUT2D eigenvalue weighted by Crippen LogP contribution is 2.37. The lowest BCUT2D eigenvalue weighted by molar-refractivity contribution is -0.385. The van der Waals surface area contributed by atoms with Crippen molar-refractivity contribution >= 4 is 21.6 Å². The van der Waals surface area contributed by atoms with Gasteiger partial charge in [-0.05, 0) is 39.7 Å². The monoisotopic (exact) mass is 352 g/mol. The SMILES string of the molecule is COc1ccc([N+](=O)[O-])c(Oc2ccc(CN)cc2Br)c1. The number of hydrogen-bond acceptors (Lipinski definition) is 5. The molecule has 0 aromatic heterocycles.